The second-order valence-corrected chi connectivity index (χ2v) is 4.92. The Bertz CT molecular complexity index is 546. The van der Waals surface area contributed by atoms with Crippen molar-refractivity contribution in [2.45, 2.75) is 17.5 Å². The minimum absolute atomic E-state index is 0.307. The number of rotatable bonds is 5. The number of hydrogen-bond donors (Lipinski definition) is 1. The van der Waals surface area contributed by atoms with Crippen molar-refractivity contribution < 1.29 is 0 Å². The molecule has 0 radical (unpaired) electrons. The van der Waals surface area contributed by atoms with Gasteiger partial charge in [-0.2, -0.15) is 5.26 Å². The van der Waals surface area contributed by atoms with Crippen LogP contribution in [0.25, 0.3) is 0 Å². The van der Waals surface area contributed by atoms with Crippen LogP contribution in [0.1, 0.15) is 17.3 Å². The Hall–Kier alpha value is -1.83. The molecular weight excluding hydrogens is 254 g/mol. The molecule has 0 aliphatic carbocycles. The van der Waals surface area contributed by atoms with Gasteiger partial charge in [-0.05, 0) is 36.1 Å². The van der Waals surface area contributed by atoms with Crippen molar-refractivity contribution in [2.75, 3.05) is 6.26 Å². The molecule has 19 heavy (non-hydrogen) atoms. The fraction of sp³-hybridized carbons (Fsp3) is 0.200. The van der Waals surface area contributed by atoms with Crippen LogP contribution in [0.4, 0.5) is 0 Å². The Morgan fingerprint density at radius 2 is 2.05 bits per heavy atom. The fourth-order valence-corrected chi connectivity index (χ4v) is 2.15. The molecule has 2 aromatic rings. The Labute approximate surface area is 117 Å². The molecule has 2 rings (SSSR count). The summed E-state index contributed by atoms with van der Waals surface area (Å²) in [5, 5.41) is 12.5. The van der Waals surface area contributed by atoms with Gasteiger partial charge in [0.15, 0.2) is 0 Å². The minimum Gasteiger partial charge on any atom is -0.293 e. The molecule has 1 atom stereocenters. The average molecular weight is 269 g/mol. The van der Waals surface area contributed by atoms with Gasteiger partial charge in [-0.15, -0.1) is 11.8 Å². The molecule has 0 spiro atoms. The smallest absolute Gasteiger partial charge is 0.121 e. The molecule has 0 saturated heterocycles. The fourth-order valence-electron chi connectivity index (χ4n) is 1.74. The van der Waals surface area contributed by atoms with Crippen LogP contribution in [0.3, 0.4) is 0 Å². The van der Waals surface area contributed by atoms with Gasteiger partial charge in [0.1, 0.15) is 6.04 Å². The van der Waals surface area contributed by atoms with Gasteiger partial charge in [0.05, 0.1) is 11.8 Å². The highest BCUT2D eigenvalue weighted by atomic mass is 32.2. The predicted molar refractivity (Wildman–Crippen MR) is 77.7 cm³/mol. The van der Waals surface area contributed by atoms with Crippen molar-refractivity contribution in [3.63, 3.8) is 0 Å². The van der Waals surface area contributed by atoms with Crippen LogP contribution in [0, 0.1) is 11.3 Å². The van der Waals surface area contributed by atoms with E-state index in [0.29, 0.717) is 6.54 Å². The van der Waals surface area contributed by atoms with Crippen LogP contribution >= 0.6 is 11.8 Å². The quantitative estimate of drug-likeness (QED) is 0.847. The highest BCUT2D eigenvalue weighted by Gasteiger charge is 2.09. The van der Waals surface area contributed by atoms with Gasteiger partial charge < -0.3 is 0 Å². The molecule has 96 valence electrons. The zero-order chi connectivity index (χ0) is 13.5. The maximum atomic E-state index is 9.25. The first-order valence-corrected chi connectivity index (χ1v) is 7.23. The molecule has 0 aliphatic heterocycles. The number of hydrogen-bond acceptors (Lipinski definition) is 4. The summed E-state index contributed by atoms with van der Waals surface area (Å²) in [5.74, 6) is 0. The van der Waals surface area contributed by atoms with Gasteiger partial charge in [0.2, 0.25) is 0 Å². The SMILES string of the molecule is CSc1ccc(C(C#N)NCc2ccccn2)cc1. The van der Waals surface area contributed by atoms with Gasteiger partial charge in [-0.3, -0.25) is 10.3 Å². The summed E-state index contributed by atoms with van der Waals surface area (Å²) in [6, 6.07) is 15.8. The highest BCUT2D eigenvalue weighted by Crippen LogP contribution is 2.19. The topological polar surface area (TPSA) is 48.7 Å². The first kappa shape index (κ1) is 13.6. The van der Waals surface area contributed by atoms with E-state index in [0.717, 1.165) is 11.3 Å². The number of nitriles is 1. The van der Waals surface area contributed by atoms with E-state index in [-0.39, 0.29) is 6.04 Å². The lowest BCUT2D eigenvalue weighted by Gasteiger charge is -2.11. The van der Waals surface area contributed by atoms with Crippen LogP contribution in [0.5, 0.6) is 0 Å². The lowest BCUT2D eigenvalue weighted by molar-refractivity contribution is 0.620. The maximum Gasteiger partial charge on any atom is 0.121 e. The molecule has 1 unspecified atom stereocenters. The van der Waals surface area contributed by atoms with Crippen molar-refractivity contribution in [3.8, 4) is 6.07 Å². The van der Waals surface area contributed by atoms with Gasteiger partial charge >= 0.3 is 0 Å². The molecule has 0 saturated carbocycles. The van der Waals surface area contributed by atoms with Gasteiger partial charge in [-0.1, -0.05) is 18.2 Å². The van der Waals surface area contributed by atoms with Crippen LogP contribution in [-0.4, -0.2) is 11.2 Å². The minimum atomic E-state index is -0.307. The molecule has 3 nitrogen and oxygen atoms in total. The van der Waals surface area contributed by atoms with Gasteiger partial charge in [-0.25, -0.2) is 0 Å². The summed E-state index contributed by atoms with van der Waals surface area (Å²) in [4.78, 5) is 5.43. The number of pyridine rings is 1. The van der Waals surface area contributed by atoms with Crippen molar-refractivity contribution in [1.82, 2.24) is 10.3 Å². The monoisotopic (exact) mass is 269 g/mol. The van der Waals surface area contributed by atoms with Crippen molar-refractivity contribution in [3.05, 3.63) is 59.9 Å². The number of thioether (sulfide) groups is 1. The Morgan fingerprint density at radius 1 is 1.26 bits per heavy atom. The summed E-state index contributed by atoms with van der Waals surface area (Å²) in [6.45, 7) is 0.587. The molecular formula is C15H15N3S. The van der Waals surface area contributed by atoms with Crippen LogP contribution < -0.4 is 5.32 Å². The second kappa shape index (κ2) is 6.93. The Kier molecular flexibility index (Phi) is 4.96. The van der Waals surface area contributed by atoms with E-state index < -0.39 is 0 Å². The molecule has 0 aliphatic rings. The summed E-state index contributed by atoms with van der Waals surface area (Å²) in [6.07, 6.45) is 3.79. The van der Waals surface area contributed by atoms with Crippen molar-refractivity contribution in [1.29, 1.82) is 5.26 Å². The zero-order valence-corrected chi connectivity index (χ0v) is 11.5. The van der Waals surface area contributed by atoms with Crippen LogP contribution in [0.15, 0.2) is 53.6 Å². The molecule has 0 amide bonds. The number of nitrogens with zero attached hydrogens (tertiary/aromatic N) is 2. The molecule has 1 aromatic carbocycles. The number of aromatic nitrogens is 1. The Balaban J connectivity index is 2.02. The molecule has 4 heteroatoms. The highest BCUT2D eigenvalue weighted by molar-refractivity contribution is 7.98. The first-order valence-electron chi connectivity index (χ1n) is 6.00. The normalized spacial score (nSPS) is 11.8. The summed E-state index contributed by atoms with van der Waals surface area (Å²) in [7, 11) is 0. The van der Waals surface area contributed by atoms with E-state index in [1.165, 1.54) is 4.90 Å². The van der Waals surface area contributed by atoms with Gasteiger partial charge in [0, 0.05) is 17.6 Å². The van der Waals surface area contributed by atoms with E-state index in [2.05, 4.69) is 16.4 Å². The third kappa shape index (κ3) is 3.82. The van der Waals surface area contributed by atoms with Crippen LogP contribution in [0.2, 0.25) is 0 Å². The standard InChI is InChI=1S/C15H15N3S/c1-19-14-7-5-12(6-8-14)15(10-16)18-11-13-4-2-3-9-17-13/h2-9,15,18H,11H2,1H3. The average Bonchev–Trinajstić information content (AvgIpc) is 2.49. The lowest BCUT2D eigenvalue weighted by Crippen LogP contribution is -2.19. The third-order valence-electron chi connectivity index (χ3n) is 2.79. The molecule has 0 fully saturated rings. The zero-order valence-electron chi connectivity index (χ0n) is 10.7. The van der Waals surface area contributed by atoms with Gasteiger partial charge in [0.25, 0.3) is 0 Å². The predicted octanol–water partition coefficient (Wildman–Crippen LogP) is 3.16. The number of benzene rings is 1. The number of nitrogens with one attached hydrogen (secondary N) is 1. The maximum absolute atomic E-state index is 9.25. The molecule has 1 heterocycles. The largest absolute Gasteiger partial charge is 0.293 e. The van der Waals surface area contributed by atoms with E-state index in [4.69, 9.17) is 0 Å². The first-order chi connectivity index (χ1) is 9.33. The molecule has 1 aromatic heterocycles. The summed E-state index contributed by atoms with van der Waals surface area (Å²) >= 11 is 1.69. The van der Waals surface area contributed by atoms with Crippen molar-refractivity contribution >= 4 is 11.8 Å². The van der Waals surface area contributed by atoms with Crippen molar-refractivity contribution in [2.24, 2.45) is 0 Å². The summed E-state index contributed by atoms with van der Waals surface area (Å²) in [5.41, 5.74) is 1.92. The van der Waals surface area contributed by atoms with E-state index in [9.17, 15) is 5.26 Å². The van der Waals surface area contributed by atoms with E-state index >= 15 is 0 Å². The molecule has 1 N–H and O–H groups in total. The second-order valence-electron chi connectivity index (χ2n) is 4.04. The lowest BCUT2D eigenvalue weighted by atomic mass is 10.1. The Morgan fingerprint density at radius 3 is 2.63 bits per heavy atom. The van der Waals surface area contributed by atoms with E-state index in [1.54, 1.807) is 18.0 Å². The third-order valence-corrected chi connectivity index (χ3v) is 3.54. The molecule has 0 bridgehead atoms. The van der Waals surface area contributed by atoms with E-state index in [1.807, 2.05) is 48.7 Å². The summed E-state index contributed by atoms with van der Waals surface area (Å²) < 4.78 is 0. The van der Waals surface area contributed by atoms with Crippen LogP contribution in [-0.2, 0) is 6.54 Å².